The van der Waals surface area contributed by atoms with Crippen molar-refractivity contribution in [1.82, 2.24) is 9.80 Å². The largest absolute Gasteiger partial charge is 0.465 e. The highest BCUT2D eigenvalue weighted by Crippen LogP contribution is 2.27. The quantitative estimate of drug-likeness (QED) is 0.0318. The molecule has 2 fully saturated rings. The molecule has 2 rings (SSSR count). The van der Waals surface area contributed by atoms with Crippen LogP contribution in [0.1, 0.15) is 252 Å². The minimum atomic E-state index is -0.630. The van der Waals surface area contributed by atoms with Crippen molar-refractivity contribution in [3.05, 3.63) is 0 Å². The molecule has 2 saturated heterocycles. The number of ether oxygens (including phenoxy) is 7. The lowest BCUT2D eigenvalue weighted by molar-refractivity contribution is -0.157. The van der Waals surface area contributed by atoms with E-state index in [1.54, 1.807) is 4.90 Å². The van der Waals surface area contributed by atoms with Crippen molar-refractivity contribution in [2.75, 3.05) is 59.8 Å². The second-order valence-electron chi connectivity index (χ2n) is 21.8. The third-order valence-corrected chi connectivity index (χ3v) is 14.6. The van der Waals surface area contributed by atoms with Crippen molar-refractivity contribution < 1.29 is 66.7 Å². The summed E-state index contributed by atoms with van der Waals surface area (Å²) >= 11 is 0. The van der Waals surface area contributed by atoms with E-state index in [1.165, 1.54) is 25.7 Å². The summed E-state index contributed by atoms with van der Waals surface area (Å²) in [5.74, 6) is -3.88. The molecular formula is C60H106N2O14. The molecule has 0 aromatic carbocycles. The Morgan fingerprint density at radius 1 is 0.395 bits per heavy atom. The van der Waals surface area contributed by atoms with Gasteiger partial charge in [0.05, 0.1) is 51.4 Å². The molecule has 0 saturated carbocycles. The average molecular weight is 1080 g/mol. The smallest absolute Gasteiger partial charge is 0.410 e. The fourth-order valence-corrected chi connectivity index (χ4v) is 9.73. The number of nitrogens with zero attached hydrogens (tertiary/aromatic N) is 2. The molecular weight excluding hydrogens is 973 g/mol. The first-order chi connectivity index (χ1) is 36.9. The molecule has 0 bridgehead atoms. The van der Waals surface area contributed by atoms with Crippen LogP contribution in [0.4, 0.5) is 4.79 Å². The zero-order chi connectivity index (χ0) is 55.4. The molecule has 16 heteroatoms. The van der Waals surface area contributed by atoms with Gasteiger partial charge in [0.2, 0.25) is 0 Å². The molecule has 76 heavy (non-hydrogen) atoms. The zero-order valence-corrected chi connectivity index (χ0v) is 48.4. The number of unbranched alkanes of at least 4 members (excludes halogenated alkanes) is 20. The molecule has 0 N–H and O–H groups in total. The van der Waals surface area contributed by atoms with Crippen molar-refractivity contribution in [1.29, 1.82) is 0 Å². The van der Waals surface area contributed by atoms with Gasteiger partial charge >= 0.3 is 41.9 Å². The molecule has 2 heterocycles. The van der Waals surface area contributed by atoms with Crippen molar-refractivity contribution >= 4 is 41.9 Å². The Morgan fingerprint density at radius 3 is 1.01 bits per heavy atom. The van der Waals surface area contributed by atoms with Crippen LogP contribution in [0, 0.1) is 11.8 Å². The first-order valence-electron chi connectivity index (χ1n) is 30.5. The van der Waals surface area contributed by atoms with Gasteiger partial charge in [0.1, 0.15) is 19.3 Å². The van der Waals surface area contributed by atoms with Gasteiger partial charge < -0.3 is 38.1 Å². The highest BCUT2D eigenvalue weighted by molar-refractivity contribution is 5.73. The number of esters is 6. The maximum atomic E-state index is 14.2. The topological polar surface area (TPSA) is 191 Å². The predicted octanol–water partition coefficient (Wildman–Crippen LogP) is 12.7. The van der Waals surface area contributed by atoms with E-state index in [0.717, 1.165) is 116 Å². The molecule has 0 radical (unpaired) electrons. The fourth-order valence-electron chi connectivity index (χ4n) is 9.73. The van der Waals surface area contributed by atoms with E-state index < -0.39 is 42.0 Å². The van der Waals surface area contributed by atoms with Gasteiger partial charge in [0.15, 0.2) is 0 Å². The molecule has 16 nitrogen and oxygen atoms in total. The molecule has 440 valence electrons. The number of hydrogen-bond acceptors (Lipinski definition) is 15. The van der Waals surface area contributed by atoms with E-state index in [0.29, 0.717) is 57.8 Å². The van der Waals surface area contributed by atoms with Crippen molar-refractivity contribution in [3.8, 4) is 0 Å². The SMILES string of the molecule is CCCCCCCCC(=O)OCC(COC(=O)CCCCCCCC)CC(=O)OC[C@H]1CCC[C@@H](COC(=O)CC(COC(=O)CCCCCCCC)COC(=O)CCCCCCCC)N1C(=O)OC1CCN(C)CC1. The van der Waals surface area contributed by atoms with Gasteiger partial charge in [0, 0.05) is 50.6 Å². The van der Waals surface area contributed by atoms with E-state index >= 15 is 0 Å². The molecule has 0 aromatic heterocycles. The molecule has 1 amide bonds. The second-order valence-corrected chi connectivity index (χ2v) is 21.8. The standard InChI is InChI=1S/C60H106N2O14/c1-6-10-14-18-22-26-33-54(63)70-43-49(44-71-55(64)34-27-23-19-15-11-7-2)41-58(67)74-47-51-31-30-32-52(62(51)60(69)76-53-37-39-61(5)40-38-53)48-75-59(68)42-50(45-72-56(65)35-28-24-20-16-12-8-3)46-73-57(66)36-29-25-21-17-13-9-4/h49-53H,6-48H2,1-5H3/t51-,52+. The molecule has 2 aliphatic heterocycles. The van der Waals surface area contributed by atoms with Gasteiger partial charge in [-0.1, -0.05) is 156 Å². The third kappa shape index (κ3) is 34.7. The summed E-state index contributed by atoms with van der Waals surface area (Å²) in [6, 6.07) is -1.18. The van der Waals surface area contributed by atoms with Crippen molar-refractivity contribution in [2.45, 2.75) is 271 Å². The molecule has 0 aromatic rings. The summed E-state index contributed by atoms with van der Waals surface area (Å²) in [7, 11) is 2.02. The van der Waals surface area contributed by atoms with E-state index in [4.69, 9.17) is 33.2 Å². The maximum Gasteiger partial charge on any atom is 0.410 e. The van der Waals surface area contributed by atoms with Crippen LogP contribution in [0.25, 0.3) is 0 Å². The molecule has 0 unspecified atom stereocenters. The van der Waals surface area contributed by atoms with Gasteiger partial charge in [-0.3, -0.25) is 33.7 Å². The van der Waals surface area contributed by atoms with Gasteiger partial charge in [0.25, 0.3) is 0 Å². The number of hydrogen-bond donors (Lipinski definition) is 0. The van der Waals surface area contributed by atoms with Crippen LogP contribution >= 0.6 is 0 Å². The fraction of sp³-hybridized carbons (Fsp3) is 0.883. The van der Waals surface area contributed by atoms with E-state index in [2.05, 4.69) is 32.6 Å². The summed E-state index contributed by atoms with van der Waals surface area (Å²) < 4.78 is 40.3. The zero-order valence-electron chi connectivity index (χ0n) is 48.4. The highest BCUT2D eigenvalue weighted by atomic mass is 16.6. The Morgan fingerprint density at radius 2 is 0.697 bits per heavy atom. The van der Waals surface area contributed by atoms with Gasteiger partial charge in [-0.25, -0.2) is 4.79 Å². The number of likely N-dealkylation sites (tertiary alicyclic amines) is 2. The first-order valence-corrected chi connectivity index (χ1v) is 30.5. The van der Waals surface area contributed by atoms with Crippen LogP contribution in [-0.4, -0.2) is 130 Å². The molecule has 2 atom stereocenters. The third-order valence-electron chi connectivity index (χ3n) is 14.6. The molecule has 2 aliphatic rings. The Bertz CT molecular complexity index is 1410. The van der Waals surface area contributed by atoms with Gasteiger partial charge in [-0.15, -0.1) is 0 Å². The predicted molar refractivity (Wildman–Crippen MR) is 294 cm³/mol. The van der Waals surface area contributed by atoms with Crippen molar-refractivity contribution in [3.63, 3.8) is 0 Å². The van der Waals surface area contributed by atoms with E-state index in [-0.39, 0.29) is 108 Å². The second kappa shape index (κ2) is 45.0. The Kier molecular flexibility index (Phi) is 40.3. The summed E-state index contributed by atoms with van der Waals surface area (Å²) in [6.45, 7) is 9.45. The van der Waals surface area contributed by atoms with Crippen LogP contribution in [0.15, 0.2) is 0 Å². The normalized spacial score (nSPS) is 16.1. The van der Waals surface area contributed by atoms with E-state index in [9.17, 15) is 33.6 Å². The molecule has 0 aliphatic carbocycles. The minimum Gasteiger partial charge on any atom is -0.465 e. The number of piperidine rings is 2. The Labute approximate surface area is 459 Å². The van der Waals surface area contributed by atoms with Crippen LogP contribution < -0.4 is 0 Å². The highest BCUT2D eigenvalue weighted by Gasteiger charge is 2.38. The number of carbonyl (C=O) groups is 7. The van der Waals surface area contributed by atoms with Gasteiger partial charge in [-0.05, 0) is 64.8 Å². The first kappa shape index (κ1) is 68.2. The summed E-state index contributed by atoms with van der Waals surface area (Å²) in [4.78, 5) is 96.2. The maximum absolute atomic E-state index is 14.2. The number of carbonyl (C=O) groups excluding carboxylic acids is 7. The lowest BCUT2D eigenvalue weighted by Gasteiger charge is -2.41. The van der Waals surface area contributed by atoms with Gasteiger partial charge in [-0.2, -0.15) is 0 Å². The lowest BCUT2D eigenvalue weighted by atomic mass is 9.96. The van der Waals surface area contributed by atoms with Crippen LogP contribution in [-0.2, 0) is 61.9 Å². The summed E-state index contributed by atoms with van der Waals surface area (Å²) in [5, 5.41) is 0. The minimum absolute atomic E-state index is 0.107. The average Bonchev–Trinajstić information content (AvgIpc) is 3.41. The van der Waals surface area contributed by atoms with Crippen LogP contribution in [0.2, 0.25) is 0 Å². The summed E-state index contributed by atoms with van der Waals surface area (Å²) in [5.41, 5.74) is 0. The van der Waals surface area contributed by atoms with Crippen LogP contribution in [0.5, 0.6) is 0 Å². The molecule has 0 spiro atoms. The van der Waals surface area contributed by atoms with E-state index in [1.807, 2.05) is 7.05 Å². The van der Waals surface area contributed by atoms with Crippen LogP contribution in [0.3, 0.4) is 0 Å². The Hall–Kier alpha value is -3.95. The summed E-state index contributed by atoms with van der Waals surface area (Å²) in [6.07, 6.45) is 27.5. The Balaban J connectivity index is 2.14. The monoisotopic (exact) mass is 1080 g/mol. The number of rotatable bonds is 45. The number of amides is 1. The van der Waals surface area contributed by atoms with Crippen molar-refractivity contribution in [2.24, 2.45) is 11.8 Å². The lowest BCUT2D eigenvalue weighted by Crippen LogP contribution is -2.55.